The summed E-state index contributed by atoms with van der Waals surface area (Å²) in [6, 6.07) is 5.92. The predicted molar refractivity (Wildman–Crippen MR) is 190 cm³/mol. The number of carboxylic acid groups (broad SMARTS) is 1. The summed E-state index contributed by atoms with van der Waals surface area (Å²) in [4.78, 5) is 56.6. The van der Waals surface area contributed by atoms with E-state index in [0.717, 1.165) is 63.6 Å². The quantitative estimate of drug-likeness (QED) is 0.131. The molecule has 0 spiro atoms. The van der Waals surface area contributed by atoms with Crippen LogP contribution in [0.2, 0.25) is 0 Å². The number of unbranched alkanes of at least 4 members (excludes halogenated alkanes) is 1. The van der Waals surface area contributed by atoms with Gasteiger partial charge in [0, 0.05) is 58.1 Å². The minimum absolute atomic E-state index is 0.0427. The van der Waals surface area contributed by atoms with E-state index in [1.807, 2.05) is 39.0 Å². The van der Waals surface area contributed by atoms with Crippen molar-refractivity contribution in [2.24, 2.45) is 0 Å². The highest BCUT2D eigenvalue weighted by molar-refractivity contribution is 6.26. The van der Waals surface area contributed by atoms with Crippen LogP contribution < -0.4 is 5.32 Å². The monoisotopic (exact) mass is 651 g/mol. The molecule has 1 amide bonds. The Labute approximate surface area is 280 Å². The smallest absolute Gasteiger partial charge is 0.338 e. The largest absolute Gasteiger partial charge is 0.478 e. The molecule has 0 saturated carbocycles. The highest BCUT2D eigenvalue weighted by Crippen LogP contribution is 2.43. The summed E-state index contributed by atoms with van der Waals surface area (Å²) in [7, 11) is 1.35. The van der Waals surface area contributed by atoms with Gasteiger partial charge in [0.05, 0.1) is 35.3 Å². The zero-order valence-corrected chi connectivity index (χ0v) is 28.9. The molecule has 0 aliphatic carbocycles. The molecule has 5 heterocycles. The van der Waals surface area contributed by atoms with Gasteiger partial charge in [0.2, 0.25) is 0 Å². The second-order valence-electron chi connectivity index (χ2n) is 12.6. The van der Waals surface area contributed by atoms with Crippen LogP contribution in [0.4, 0.5) is 0 Å². The molecule has 0 fully saturated rings. The number of esters is 1. The predicted octanol–water partition coefficient (Wildman–Crippen LogP) is 7.52. The molecule has 0 aromatic carbocycles. The molecule has 5 rings (SSSR count). The maximum Gasteiger partial charge on any atom is 0.338 e. The van der Waals surface area contributed by atoms with E-state index in [-0.39, 0.29) is 41.1 Å². The molecule has 48 heavy (non-hydrogen) atoms. The Bertz CT molecular complexity index is 2010. The molecule has 10 heteroatoms. The zero-order valence-electron chi connectivity index (χ0n) is 28.9. The van der Waals surface area contributed by atoms with Crippen molar-refractivity contribution in [3.05, 3.63) is 75.4 Å². The normalized spacial score (nSPS) is 15.8. The number of fused-ring (bicyclic) bond motifs is 8. The molecule has 3 aromatic rings. The highest BCUT2D eigenvalue weighted by atomic mass is 16.5. The lowest BCUT2D eigenvalue weighted by Gasteiger charge is -2.18. The number of amides is 1. The number of carboxylic acids is 1. The van der Waals surface area contributed by atoms with Gasteiger partial charge in [-0.1, -0.05) is 39.8 Å². The van der Waals surface area contributed by atoms with Gasteiger partial charge in [0.15, 0.2) is 0 Å². The van der Waals surface area contributed by atoms with Gasteiger partial charge in [-0.3, -0.25) is 14.6 Å². The first-order valence-corrected chi connectivity index (χ1v) is 16.6. The van der Waals surface area contributed by atoms with E-state index in [1.165, 1.54) is 7.11 Å². The number of nitrogens with one attached hydrogen (secondary N) is 3. The molecule has 2 aliphatic heterocycles. The number of ether oxygens (including phenoxy) is 1. The summed E-state index contributed by atoms with van der Waals surface area (Å²) in [5.41, 5.74) is 9.75. The zero-order chi connectivity index (χ0) is 34.9. The number of carbonyl (C=O) groups is 3. The Morgan fingerprint density at radius 2 is 1.73 bits per heavy atom. The minimum atomic E-state index is -1.18. The van der Waals surface area contributed by atoms with Crippen LogP contribution in [-0.2, 0) is 20.7 Å². The third kappa shape index (κ3) is 6.19. The number of rotatable bonds is 10. The number of aryl methyl sites for hydroxylation is 3. The number of allylic oxidation sites excluding steroid dienone is 1. The Morgan fingerprint density at radius 1 is 1.02 bits per heavy atom. The number of methoxy groups -OCH3 is 1. The first kappa shape index (κ1) is 34.3. The molecule has 4 N–H and O–H groups in total. The van der Waals surface area contributed by atoms with Gasteiger partial charge in [-0.15, -0.1) is 0 Å². The Balaban J connectivity index is 2.00. The van der Waals surface area contributed by atoms with Crippen LogP contribution in [0, 0.1) is 13.8 Å². The van der Waals surface area contributed by atoms with E-state index in [2.05, 4.69) is 41.8 Å². The fourth-order valence-electron chi connectivity index (χ4n) is 6.90. The summed E-state index contributed by atoms with van der Waals surface area (Å²) in [5, 5.41) is 13.6. The highest BCUT2D eigenvalue weighted by Gasteiger charge is 2.37. The van der Waals surface area contributed by atoms with E-state index in [1.54, 1.807) is 6.92 Å². The van der Waals surface area contributed by atoms with E-state index < -0.39 is 11.9 Å². The standard InChI is InChI=1S/C38H45N5O5/c1-9-12-15-39-37(45)34-35-25(13-14-32(44)48-8)21(6)28(42-35)16-26-19(4)23(10-2)30(40-26)17-27-20(5)24(11-3)31(41-27)18-29-22(7)33(38(46)47)36(34)43-29/h10,16-18,21,25,40-41H,2,9,11-15H2,1,3-8H3,(H,39,45)(H,46,47)/t21-,25-/m0/s1. The van der Waals surface area contributed by atoms with Gasteiger partial charge in [0.1, 0.15) is 0 Å². The molecule has 0 saturated heterocycles. The van der Waals surface area contributed by atoms with Crippen molar-refractivity contribution < 1.29 is 24.2 Å². The molecule has 10 nitrogen and oxygen atoms in total. The van der Waals surface area contributed by atoms with Crippen molar-refractivity contribution in [1.82, 2.24) is 25.3 Å². The first-order chi connectivity index (χ1) is 22.9. The second-order valence-corrected chi connectivity index (χ2v) is 12.6. The SMILES string of the molecule is C=Cc1c(C)c2cc3nc(c(C(=O)NCCCC)c4nc(cc5[nH]c(cc1[nH]2)c(C)c5CC)C(C)=C4C(=O)O)[C@@H](CCC(=O)OC)[C@@H]3C. The van der Waals surface area contributed by atoms with Crippen molar-refractivity contribution in [3.8, 4) is 0 Å². The van der Waals surface area contributed by atoms with Crippen molar-refractivity contribution in [2.75, 3.05) is 13.7 Å². The number of nitrogens with zero attached hydrogens (tertiary/aromatic N) is 2. The Morgan fingerprint density at radius 3 is 2.38 bits per heavy atom. The number of aromatic amines is 2. The van der Waals surface area contributed by atoms with E-state index in [9.17, 15) is 19.5 Å². The average Bonchev–Trinajstić information content (AvgIpc) is 3.73. The van der Waals surface area contributed by atoms with Gasteiger partial charge >= 0.3 is 11.9 Å². The third-order valence-corrected chi connectivity index (χ3v) is 9.77. The summed E-state index contributed by atoms with van der Waals surface area (Å²) < 4.78 is 4.96. The minimum Gasteiger partial charge on any atom is -0.478 e. The fraction of sp³-hybridized carbons (Fsp3) is 0.395. The third-order valence-electron chi connectivity index (χ3n) is 9.77. The van der Waals surface area contributed by atoms with Crippen LogP contribution in [0.25, 0.3) is 39.3 Å². The van der Waals surface area contributed by atoms with Crippen LogP contribution in [0.5, 0.6) is 0 Å². The van der Waals surface area contributed by atoms with Crippen molar-refractivity contribution in [1.29, 1.82) is 0 Å². The van der Waals surface area contributed by atoms with Gasteiger partial charge < -0.3 is 25.1 Å². The lowest BCUT2D eigenvalue weighted by molar-refractivity contribution is -0.140. The number of aromatic nitrogens is 4. The van der Waals surface area contributed by atoms with Gasteiger partial charge in [0.25, 0.3) is 5.91 Å². The molecule has 3 aromatic heterocycles. The molecule has 0 radical (unpaired) electrons. The van der Waals surface area contributed by atoms with Crippen LogP contribution >= 0.6 is 0 Å². The number of carbonyl (C=O) groups excluding carboxylic acids is 2. The molecule has 0 unspecified atom stereocenters. The van der Waals surface area contributed by atoms with Gasteiger partial charge in [-0.25, -0.2) is 9.78 Å². The number of aliphatic carboxylic acids is 1. The van der Waals surface area contributed by atoms with Crippen molar-refractivity contribution in [2.45, 2.75) is 85.5 Å². The van der Waals surface area contributed by atoms with Crippen LogP contribution in [0.15, 0.2) is 24.8 Å². The lowest BCUT2D eigenvalue weighted by atomic mass is 9.85. The maximum atomic E-state index is 14.2. The molecule has 8 bridgehead atoms. The maximum absolute atomic E-state index is 14.2. The number of hydrogen-bond donors (Lipinski definition) is 4. The second kappa shape index (κ2) is 14.0. The van der Waals surface area contributed by atoms with Crippen LogP contribution in [0.1, 0.15) is 121 Å². The molecule has 252 valence electrons. The number of hydrogen-bond acceptors (Lipinski definition) is 6. The molecular formula is C38H45N5O5. The van der Waals surface area contributed by atoms with Gasteiger partial charge in [-0.2, -0.15) is 0 Å². The Hall–Kier alpha value is -4.99. The fourth-order valence-corrected chi connectivity index (χ4v) is 6.90. The van der Waals surface area contributed by atoms with E-state index in [4.69, 9.17) is 14.7 Å². The first-order valence-electron chi connectivity index (χ1n) is 16.6. The number of H-pyrrole nitrogens is 2. The van der Waals surface area contributed by atoms with E-state index in [0.29, 0.717) is 35.6 Å². The molecule has 2 atom stereocenters. The Kier molecular flexibility index (Phi) is 10.0. The summed E-state index contributed by atoms with van der Waals surface area (Å²) in [6.07, 6.45) is 4.66. The van der Waals surface area contributed by atoms with Crippen LogP contribution in [-0.4, -0.2) is 56.5 Å². The topological polar surface area (TPSA) is 150 Å². The average molecular weight is 652 g/mol. The summed E-state index contributed by atoms with van der Waals surface area (Å²) in [6.45, 7) is 16.4. The van der Waals surface area contributed by atoms with Crippen molar-refractivity contribution in [3.63, 3.8) is 0 Å². The van der Waals surface area contributed by atoms with E-state index >= 15 is 0 Å². The summed E-state index contributed by atoms with van der Waals surface area (Å²) >= 11 is 0. The van der Waals surface area contributed by atoms with Crippen molar-refractivity contribution >= 4 is 57.1 Å². The summed E-state index contributed by atoms with van der Waals surface area (Å²) in [5.74, 6) is -2.60. The molecule has 2 aliphatic rings. The van der Waals surface area contributed by atoms with Crippen LogP contribution in [0.3, 0.4) is 0 Å². The van der Waals surface area contributed by atoms with Gasteiger partial charge in [-0.05, 0) is 80.5 Å². The molecular weight excluding hydrogens is 606 g/mol. The lowest BCUT2D eigenvalue weighted by Crippen LogP contribution is -2.27.